The molecule has 0 aliphatic heterocycles. The highest BCUT2D eigenvalue weighted by molar-refractivity contribution is 5.93. The van der Waals surface area contributed by atoms with Crippen LogP contribution in [0, 0.1) is 6.92 Å². The summed E-state index contributed by atoms with van der Waals surface area (Å²) >= 11 is 0. The summed E-state index contributed by atoms with van der Waals surface area (Å²) in [6.07, 6.45) is 1.79. The van der Waals surface area contributed by atoms with Crippen LogP contribution in [0.15, 0.2) is 12.3 Å². The van der Waals surface area contributed by atoms with Gasteiger partial charge in [-0.05, 0) is 24.0 Å². The van der Waals surface area contributed by atoms with Crippen molar-refractivity contribution in [2.24, 2.45) is 5.73 Å². The first kappa shape index (κ1) is 10.7. The number of hydrogen-bond acceptors (Lipinski definition) is 2. The summed E-state index contributed by atoms with van der Waals surface area (Å²) in [4.78, 5) is 15.2. The van der Waals surface area contributed by atoms with Gasteiger partial charge in [0, 0.05) is 11.9 Å². The van der Waals surface area contributed by atoms with Gasteiger partial charge < -0.3 is 5.73 Å². The maximum Gasteiger partial charge on any atom is 0.250 e. The Labute approximate surface area is 84.3 Å². The van der Waals surface area contributed by atoms with Crippen LogP contribution < -0.4 is 5.73 Å². The zero-order chi connectivity index (χ0) is 10.9. The summed E-state index contributed by atoms with van der Waals surface area (Å²) < 4.78 is 0. The first-order chi connectivity index (χ1) is 6.32. The number of carbonyl (C=O) groups is 1. The monoisotopic (exact) mass is 192 g/mol. The third-order valence-electron chi connectivity index (χ3n) is 2.22. The third kappa shape index (κ3) is 2.10. The number of primary amides is 1. The van der Waals surface area contributed by atoms with E-state index in [9.17, 15) is 4.79 Å². The molecule has 3 nitrogen and oxygen atoms in total. The molecule has 1 rings (SSSR count). The van der Waals surface area contributed by atoms with Gasteiger partial charge in [0.25, 0.3) is 5.91 Å². The lowest BCUT2D eigenvalue weighted by Crippen LogP contribution is -2.17. The lowest BCUT2D eigenvalue weighted by atomic mass is 9.87. The Morgan fingerprint density at radius 1 is 1.43 bits per heavy atom. The molecule has 0 spiro atoms. The second-order valence-corrected chi connectivity index (χ2v) is 4.47. The summed E-state index contributed by atoms with van der Waals surface area (Å²) in [7, 11) is 0. The standard InChI is InChI=1S/C11H16N2O/c1-7-9(10(12)14)5-8(6-13-7)11(2,3)4/h5-6H,1-4H3,(H2,12,14). The zero-order valence-corrected chi connectivity index (χ0v) is 9.09. The number of aryl methyl sites for hydroxylation is 1. The van der Waals surface area contributed by atoms with Gasteiger partial charge in [-0.15, -0.1) is 0 Å². The zero-order valence-electron chi connectivity index (χ0n) is 9.09. The van der Waals surface area contributed by atoms with Crippen LogP contribution >= 0.6 is 0 Å². The largest absolute Gasteiger partial charge is 0.366 e. The minimum absolute atomic E-state index is 0.00903. The number of pyridine rings is 1. The van der Waals surface area contributed by atoms with Crippen molar-refractivity contribution in [3.63, 3.8) is 0 Å². The lowest BCUT2D eigenvalue weighted by molar-refractivity contribution is 0.0999. The summed E-state index contributed by atoms with van der Waals surface area (Å²) in [5, 5.41) is 0. The third-order valence-corrected chi connectivity index (χ3v) is 2.22. The quantitative estimate of drug-likeness (QED) is 0.737. The van der Waals surface area contributed by atoms with E-state index in [0.29, 0.717) is 11.3 Å². The SMILES string of the molecule is Cc1ncc(C(C)(C)C)cc1C(N)=O. The highest BCUT2D eigenvalue weighted by atomic mass is 16.1. The van der Waals surface area contributed by atoms with Gasteiger partial charge in [0.15, 0.2) is 0 Å². The van der Waals surface area contributed by atoms with Gasteiger partial charge in [-0.3, -0.25) is 9.78 Å². The highest BCUT2D eigenvalue weighted by Gasteiger charge is 2.16. The molecular formula is C11H16N2O. The van der Waals surface area contributed by atoms with Crippen LogP contribution in [0.3, 0.4) is 0 Å². The Kier molecular flexibility index (Phi) is 2.60. The molecule has 76 valence electrons. The minimum atomic E-state index is -0.416. The average molecular weight is 192 g/mol. The molecule has 2 N–H and O–H groups in total. The van der Waals surface area contributed by atoms with E-state index in [-0.39, 0.29) is 5.41 Å². The average Bonchev–Trinajstić information content (AvgIpc) is 2.02. The number of rotatable bonds is 1. The Balaban J connectivity index is 3.27. The number of aromatic nitrogens is 1. The Hall–Kier alpha value is -1.38. The minimum Gasteiger partial charge on any atom is -0.366 e. The molecule has 1 aromatic rings. The van der Waals surface area contributed by atoms with Crippen LogP contribution in [0.5, 0.6) is 0 Å². The maximum atomic E-state index is 11.1. The van der Waals surface area contributed by atoms with Gasteiger partial charge in [-0.25, -0.2) is 0 Å². The van der Waals surface area contributed by atoms with Crippen molar-refractivity contribution in [3.05, 3.63) is 29.1 Å². The van der Waals surface area contributed by atoms with E-state index in [0.717, 1.165) is 5.56 Å². The maximum absolute atomic E-state index is 11.1. The van der Waals surface area contributed by atoms with E-state index in [1.807, 2.05) is 6.07 Å². The summed E-state index contributed by atoms with van der Waals surface area (Å²) in [5.41, 5.74) is 7.46. The normalized spacial score (nSPS) is 11.4. The molecule has 0 fully saturated rings. The number of carbonyl (C=O) groups excluding carboxylic acids is 1. The van der Waals surface area contributed by atoms with Crippen molar-refractivity contribution in [2.75, 3.05) is 0 Å². The van der Waals surface area contributed by atoms with Gasteiger partial charge in [-0.2, -0.15) is 0 Å². The molecule has 0 bridgehead atoms. The molecule has 0 atom stereocenters. The fourth-order valence-electron chi connectivity index (χ4n) is 1.19. The first-order valence-electron chi connectivity index (χ1n) is 4.59. The van der Waals surface area contributed by atoms with Gasteiger partial charge in [0.1, 0.15) is 0 Å². The summed E-state index contributed by atoms with van der Waals surface area (Å²) in [5.74, 6) is -0.416. The first-order valence-corrected chi connectivity index (χ1v) is 4.59. The summed E-state index contributed by atoms with van der Waals surface area (Å²) in [6.45, 7) is 8.00. The van der Waals surface area contributed by atoms with Crippen LogP contribution in [0.4, 0.5) is 0 Å². The van der Waals surface area contributed by atoms with Crippen LogP contribution in [-0.2, 0) is 5.41 Å². The van der Waals surface area contributed by atoms with Crippen molar-refractivity contribution in [1.82, 2.24) is 4.98 Å². The Morgan fingerprint density at radius 3 is 2.43 bits per heavy atom. The predicted molar refractivity (Wildman–Crippen MR) is 56.2 cm³/mol. The fraction of sp³-hybridized carbons (Fsp3) is 0.455. The van der Waals surface area contributed by atoms with Gasteiger partial charge in [-0.1, -0.05) is 20.8 Å². The van der Waals surface area contributed by atoms with Crippen LogP contribution in [0.1, 0.15) is 42.4 Å². The Bertz CT molecular complexity index is 364. The molecule has 1 aromatic heterocycles. The van der Waals surface area contributed by atoms with Crippen molar-refractivity contribution in [3.8, 4) is 0 Å². The summed E-state index contributed by atoms with van der Waals surface area (Å²) in [6, 6.07) is 1.82. The number of amides is 1. The molecule has 0 radical (unpaired) electrons. The van der Waals surface area contributed by atoms with E-state index >= 15 is 0 Å². The molecular weight excluding hydrogens is 176 g/mol. The molecule has 14 heavy (non-hydrogen) atoms. The Morgan fingerprint density at radius 2 is 2.00 bits per heavy atom. The van der Waals surface area contributed by atoms with Crippen molar-refractivity contribution in [1.29, 1.82) is 0 Å². The number of hydrogen-bond donors (Lipinski definition) is 1. The molecule has 1 amide bonds. The van der Waals surface area contributed by atoms with E-state index in [1.165, 1.54) is 0 Å². The molecule has 0 saturated heterocycles. The molecule has 0 aliphatic carbocycles. The number of nitrogens with zero attached hydrogens (tertiary/aromatic N) is 1. The van der Waals surface area contributed by atoms with E-state index < -0.39 is 5.91 Å². The predicted octanol–water partition coefficient (Wildman–Crippen LogP) is 1.79. The molecule has 1 heterocycles. The van der Waals surface area contributed by atoms with E-state index in [2.05, 4.69) is 25.8 Å². The van der Waals surface area contributed by atoms with E-state index in [1.54, 1.807) is 13.1 Å². The van der Waals surface area contributed by atoms with E-state index in [4.69, 9.17) is 5.73 Å². The van der Waals surface area contributed by atoms with Crippen molar-refractivity contribution >= 4 is 5.91 Å². The smallest absolute Gasteiger partial charge is 0.250 e. The molecule has 3 heteroatoms. The second-order valence-electron chi connectivity index (χ2n) is 4.47. The highest BCUT2D eigenvalue weighted by Crippen LogP contribution is 2.22. The van der Waals surface area contributed by atoms with Crippen LogP contribution in [0.2, 0.25) is 0 Å². The van der Waals surface area contributed by atoms with Crippen LogP contribution in [-0.4, -0.2) is 10.9 Å². The van der Waals surface area contributed by atoms with Gasteiger partial charge in [0.05, 0.1) is 5.56 Å². The molecule has 0 aromatic carbocycles. The lowest BCUT2D eigenvalue weighted by Gasteiger charge is -2.19. The molecule has 0 aliphatic rings. The molecule has 0 saturated carbocycles. The van der Waals surface area contributed by atoms with Crippen molar-refractivity contribution in [2.45, 2.75) is 33.1 Å². The van der Waals surface area contributed by atoms with Gasteiger partial charge >= 0.3 is 0 Å². The molecule has 0 unspecified atom stereocenters. The topological polar surface area (TPSA) is 56.0 Å². The second kappa shape index (κ2) is 3.40. The van der Waals surface area contributed by atoms with Crippen molar-refractivity contribution < 1.29 is 4.79 Å². The number of nitrogens with two attached hydrogens (primary N) is 1. The van der Waals surface area contributed by atoms with Crippen LogP contribution in [0.25, 0.3) is 0 Å². The van der Waals surface area contributed by atoms with Gasteiger partial charge in [0.2, 0.25) is 0 Å². The fourth-order valence-corrected chi connectivity index (χ4v) is 1.19.